The summed E-state index contributed by atoms with van der Waals surface area (Å²) in [7, 11) is 0. The molecule has 0 aliphatic carbocycles. The second-order valence-electron chi connectivity index (χ2n) is 7.47. The number of carbonyl (C=O) groups is 1. The molecule has 0 fully saturated rings. The molecule has 0 saturated carbocycles. The van der Waals surface area contributed by atoms with Gasteiger partial charge in [0, 0.05) is 34.3 Å². The summed E-state index contributed by atoms with van der Waals surface area (Å²) >= 11 is 7.58. The normalized spacial score (nSPS) is 11.3. The molecular formula is C26H22ClN5OS. The van der Waals surface area contributed by atoms with Crippen LogP contribution >= 0.6 is 22.9 Å². The summed E-state index contributed by atoms with van der Waals surface area (Å²) in [6, 6.07) is 24.6. The van der Waals surface area contributed by atoms with Crippen molar-refractivity contribution < 1.29 is 4.79 Å². The van der Waals surface area contributed by atoms with Gasteiger partial charge in [0.15, 0.2) is 0 Å². The van der Waals surface area contributed by atoms with Crippen LogP contribution < -0.4 is 10.6 Å². The number of nitrogens with zero attached hydrogens (tertiary/aromatic N) is 3. The largest absolute Gasteiger partial charge is 0.404 e. The predicted octanol–water partition coefficient (Wildman–Crippen LogP) is 5.58. The summed E-state index contributed by atoms with van der Waals surface area (Å²) in [5.74, 6) is -0.106. The minimum atomic E-state index is -0.106. The van der Waals surface area contributed by atoms with E-state index < -0.39 is 0 Å². The zero-order chi connectivity index (χ0) is 23.9. The van der Waals surface area contributed by atoms with Gasteiger partial charge in [0.05, 0.1) is 13.0 Å². The van der Waals surface area contributed by atoms with Gasteiger partial charge in [-0.3, -0.25) is 4.79 Å². The van der Waals surface area contributed by atoms with Crippen LogP contribution in [0.5, 0.6) is 0 Å². The van der Waals surface area contributed by atoms with E-state index in [1.54, 1.807) is 11.0 Å². The number of hydrogen-bond acceptors (Lipinski definition) is 6. The number of allylic oxidation sites excluding steroid dienone is 1. The van der Waals surface area contributed by atoms with Gasteiger partial charge >= 0.3 is 0 Å². The van der Waals surface area contributed by atoms with Gasteiger partial charge in [0.25, 0.3) is 0 Å². The number of rotatable bonds is 8. The molecule has 1 aromatic heterocycles. The van der Waals surface area contributed by atoms with Crippen LogP contribution in [-0.4, -0.2) is 22.3 Å². The molecule has 1 heterocycles. The van der Waals surface area contributed by atoms with E-state index in [-0.39, 0.29) is 12.3 Å². The minimum Gasteiger partial charge on any atom is -0.404 e. The van der Waals surface area contributed by atoms with Crippen LogP contribution in [0.25, 0.3) is 16.1 Å². The number of halogens is 1. The van der Waals surface area contributed by atoms with Gasteiger partial charge in [-0.15, -0.1) is 10.2 Å². The highest BCUT2D eigenvalue weighted by Gasteiger charge is 2.20. The summed E-state index contributed by atoms with van der Waals surface area (Å²) in [6.45, 7) is 0.354. The molecule has 0 unspecified atom stereocenters. The van der Waals surface area contributed by atoms with Gasteiger partial charge in [-0.2, -0.15) is 0 Å². The fourth-order valence-electron chi connectivity index (χ4n) is 3.45. The van der Waals surface area contributed by atoms with Gasteiger partial charge in [-0.1, -0.05) is 77.5 Å². The smallest absolute Gasteiger partial charge is 0.234 e. The molecule has 3 N–H and O–H groups in total. The number of hydrogen-bond donors (Lipinski definition) is 2. The van der Waals surface area contributed by atoms with E-state index in [4.69, 9.17) is 22.7 Å². The molecule has 34 heavy (non-hydrogen) atoms. The molecule has 0 aliphatic heterocycles. The van der Waals surface area contributed by atoms with Gasteiger partial charge in [0.1, 0.15) is 10.0 Å². The maximum Gasteiger partial charge on any atom is 0.234 e. The molecule has 0 radical (unpaired) electrons. The Kier molecular flexibility index (Phi) is 7.47. The van der Waals surface area contributed by atoms with Crippen molar-refractivity contribution in [3.8, 4) is 10.6 Å². The van der Waals surface area contributed by atoms with Gasteiger partial charge in [-0.25, -0.2) is 0 Å². The Morgan fingerprint density at radius 2 is 1.79 bits per heavy atom. The molecule has 0 saturated heterocycles. The van der Waals surface area contributed by atoms with Crippen molar-refractivity contribution in [2.24, 2.45) is 5.73 Å². The second kappa shape index (κ2) is 10.9. The Morgan fingerprint density at radius 1 is 1.03 bits per heavy atom. The van der Waals surface area contributed by atoms with Gasteiger partial charge in [-0.05, 0) is 35.4 Å². The number of nitrogens with one attached hydrogen (secondary N) is 1. The van der Waals surface area contributed by atoms with Crippen LogP contribution in [0.1, 0.15) is 16.1 Å². The fourth-order valence-corrected chi connectivity index (χ4v) is 4.50. The van der Waals surface area contributed by atoms with Crippen molar-refractivity contribution in [2.75, 3.05) is 4.90 Å². The first-order chi connectivity index (χ1) is 16.6. The SMILES string of the molecule is N=CC(=CN)c1ccc(N(Cc2cccc(Cl)c2)C(=O)Cc2nnc(-c3ccccc3)s2)cc1. The third-order valence-electron chi connectivity index (χ3n) is 5.17. The molecule has 170 valence electrons. The van der Waals surface area contributed by atoms with Crippen molar-refractivity contribution in [3.05, 3.63) is 106 Å². The number of amides is 1. The topological polar surface area (TPSA) is 96.0 Å². The first kappa shape index (κ1) is 23.4. The molecule has 0 spiro atoms. The maximum atomic E-state index is 13.4. The van der Waals surface area contributed by atoms with Crippen molar-refractivity contribution >= 4 is 46.3 Å². The Bertz CT molecular complexity index is 1320. The van der Waals surface area contributed by atoms with E-state index in [2.05, 4.69) is 10.2 Å². The summed E-state index contributed by atoms with van der Waals surface area (Å²) < 4.78 is 0. The lowest BCUT2D eigenvalue weighted by Crippen LogP contribution is -2.31. The summed E-state index contributed by atoms with van der Waals surface area (Å²) in [5.41, 5.74) is 9.61. The summed E-state index contributed by atoms with van der Waals surface area (Å²) in [4.78, 5) is 15.1. The molecular weight excluding hydrogens is 466 g/mol. The second-order valence-corrected chi connectivity index (χ2v) is 8.97. The van der Waals surface area contributed by atoms with Crippen LogP contribution in [0, 0.1) is 5.41 Å². The molecule has 0 bridgehead atoms. The lowest BCUT2D eigenvalue weighted by Gasteiger charge is -2.23. The highest BCUT2D eigenvalue weighted by atomic mass is 35.5. The van der Waals surface area contributed by atoms with Crippen LogP contribution in [0.3, 0.4) is 0 Å². The monoisotopic (exact) mass is 487 g/mol. The predicted molar refractivity (Wildman–Crippen MR) is 139 cm³/mol. The third kappa shape index (κ3) is 5.57. The zero-order valence-electron chi connectivity index (χ0n) is 18.2. The zero-order valence-corrected chi connectivity index (χ0v) is 19.8. The van der Waals surface area contributed by atoms with Gasteiger partial charge < -0.3 is 16.0 Å². The number of benzene rings is 3. The molecule has 6 nitrogen and oxygen atoms in total. The summed E-state index contributed by atoms with van der Waals surface area (Å²) in [5, 5.41) is 18.0. The molecule has 4 aromatic rings. The molecule has 8 heteroatoms. The lowest BCUT2D eigenvalue weighted by molar-refractivity contribution is -0.118. The third-order valence-corrected chi connectivity index (χ3v) is 6.38. The van der Waals surface area contributed by atoms with E-state index in [9.17, 15) is 4.79 Å². The van der Waals surface area contributed by atoms with Crippen molar-refractivity contribution in [1.29, 1.82) is 5.41 Å². The quantitative estimate of drug-likeness (QED) is 0.317. The molecule has 1 amide bonds. The van der Waals surface area contributed by atoms with Crippen LogP contribution in [0.2, 0.25) is 5.02 Å². The highest BCUT2D eigenvalue weighted by Crippen LogP contribution is 2.26. The van der Waals surface area contributed by atoms with E-state index in [0.29, 0.717) is 22.1 Å². The maximum absolute atomic E-state index is 13.4. The Morgan fingerprint density at radius 3 is 2.47 bits per heavy atom. The number of nitrogens with two attached hydrogens (primary N) is 1. The number of carbonyl (C=O) groups excluding carboxylic acids is 1. The first-order valence-electron chi connectivity index (χ1n) is 10.5. The van der Waals surface area contributed by atoms with Crippen LogP contribution in [0.15, 0.2) is 85.1 Å². The van der Waals surface area contributed by atoms with E-state index in [0.717, 1.165) is 27.4 Å². The average molecular weight is 488 g/mol. The Hall–Kier alpha value is -3.81. The van der Waals surface area contributed by atoms with Crippen molar-refractivity contribution in [2.45, 2.75) is 13.0 Å². The Balaban J connectivity index is 1.60. The minimum absolute atomic E-state index is 0.106. The molecule has 4 rings (SSSR count). The lowest BCUT2D eigenvalue weighted by atomic mass is 10.1. The highest BCUT2D eigenvalue weighted by molar-refractivity contribution is 7.14. The van der Waals surface area contributed by atoms with Crippen LogP contribution in [0.4, 0.5) is 5.69 Å². The van der Waals surface area contributed by atoms with E-state index >= 15 is 0 Å². The average Bonchev–Trinajstić information content (AvgIpc) is 3.33. The van der Waals surface area contributed by atoms with Crippen molar-refractivity contribution in [1.82, 2.24) is 10.2 Å². The number of anilines is 1. The molecule has 0 aliphatic rings. The molecule has 0 atom stereocenters. The van der Waals surface area contributed by atoms with Crippen molar-refractivity contribution in [3.63, 3.8) is 0 Å². The van der Waals surface area contributed by atoms with E-state index in [1.165, 1.54) is 23.8 Å². The standard InChI is InChI=1S/C26H22ClN5OS/c27-22-8-4-5-18(13-22)17-32(23-11-9-19(10-12-23)21(15-28)16-29)25(33)14-24-30-31-26(34-24)20-6-2-1-3-7-20/h1-13,15-16,28H,14,17,29H2. The summed E-state index contributed by atoms with van der Waals surface area (Å²) in [6.07, 6.45) is 2.71. The van der Waals surface area contributed by atoms with E-state index in [1.807, 2.05) is 72.8 Å². The Labute approximate surface area is 206 Å². The first-order valence-corrected chi connectivity index (χ1v) is 11.7. The number of aromatic nitrogens is 2. The van der Waals surface area contributed by atoms with Crippen LogP contribution in [-0.2, 0) is 17.8 Å². The van der Waals surface area contributed by atoms with Gasteiger partial charge in [0.2, 0.25) is 5.91 Å². The fraction of sp³-hybridized carbons (Fsp3) is 0.0769. The molecule has 3 aromatic carbocycles.